The summed E-state index contributed by atoms with van der Waals surface area (Å²) in [6, 6.07) is 8.24. The van der Waals surface area contributed by atoms with Gasteiger partial charge in [-0.25, -0.2) is 0 Å². The summed E-state index contributed by atoms with van der Waals surface area (Å²) in [4.78, 5) is 2.28. The molecule has 2 rings (SSSR count). The molecule has 0 atom stereocenters. The third-order valence-electron chi connectivity index (χ3n) is 3.49. The standard InChI is InChI=1S/C15H21F3N2O/c16-15(17,18)11-21-9-3-8-20(13-6-7-13)10-12-4-1-2-5-14(12)19/h1-2,4-5,13H,3,6-11,19H2. The molecule has 0 radical (unpaired) electrons. The molecule has 3 nitrogen and oxygen atoms in total. The second-order valence-electron chi connectivity index (χ2n) is 5.42. The summed E-state index contributed by atoms with van der Waals surface area (Å²) in [7, 11) is 0. The van der Waals surface area contributed by atoms with Crippen molar-refractivity contribution in [2.75, 3.05) is 25.5 Å². The van der Waals surface area contributed by atoms with Crippen LogP contribution in [0.25, 0.3) is 0 Å². The van der Waals surface area contributed by atoms with Crippen LogP contribution < -0.4 is 5.73 Å². The van der Waals surface area contributed by atoms with Crippen molar-refractivity contribution in [3.8, 4) is 0 Å². The molecule has 1 aromatic carbocycles. The van der Waals surface area contributed by atoms with Crippen LogP contribution in [-0.2, 0) is 11.3 Å². The highest BCUT2D eigenvalue weighted by atomic mass is 19.4. The topological polar surface area (TPSA) is 38.5 Å². The molecule has 1 aromatic rings. The number of nitrogens with zero attached hydrogens (tertiary/aromatic N) is 1. The van der Waals surface area contributed by atoms with Crippen LogP contribution >= 0.6 is 0 Å². The van der Waals surface area contributed by atoms with E-state index in [1.165, 1.54) is 0 Å². The number of hydrogen-bond donors (Lipinski definition) is 1. The van der Waals surface area contributed by atoms with Gasteiger partial charge in [-0.05, 0) is 30.9 Å². The van der Waals surface area contributed by atoms with Gasteiger partial charge < -0.3 is 10.5 Å². The van der Waals surface area contributed by atoms with Gasteiger partial charge in [0, 0.05) is 31.4 Å². The molecular formula is C15H21F3N2O. The van der Waals surface area contributed by atoms with Gasteiger partial charge in [-0.3, -0.25) is 4.90 Å². The fraction of sp³-hybridized carbons (Fsp3) is 0.600. The normalized spacial score (nSPS) is 15.6. The molecule has 0 unspecified atom stereocenters. The van der Waals surface area contributed by atoms with E-state index in [1.54, 1.807) is 0 Å². The van der Waals surface area contributed by atoms with Crippen LogP contribution in [0.4, 0.5) is 18.9 Å². The Hall–Kier alpha value is -1.27. The molecule has 6 heteroatoms. The van der Waals surface area contributed by atoms with E-state index in [4.69, 9.17) is 5.73 Å². The Morgan fingerprint density at radius 3 is 2.57 bits per heavy atom. The van der Waals surface area contributed by atoms with Gasteiger partial charge in [-0.1, -0.05) is 18.2 Å². The molecule has 0 amide bonds. The van der Waals surface area contributed by atoms with Crippen molar-refractivity contribution in [3.05, 3.63) is 29.8 Å². The molecule has 21 heavy (non-hydrogen) atoms. The quantitative estimate of drug-likeness (QED) is 0.592. The number of halogens is 3. The van der Waals surface area contributed by atoms with E-state index in [-0.39, 0.29) is 6.61 Å². The van der Waals surface area contributed by atoms with E-state index in [1.807, 2.05) is 24.3 Å². The van der Waals surface area contributed by atoms with Crippen LogP contribution in [0.1, 0.15) is 24.8 Å². The monoisotopic (exact) mass is 302 g/mol. The number of benzene rings is 1. The van der Waals surface area contributed by atoms with Gasteiger partial charge in [-0.15, -0.1) is 0 Å². The van der Waals surface area contributed by atoms with Crippen LogP contribution in [-0.4, -0.2) is 36.9 Å². The summed E-state index contributed by atoms with van der Waals surface area (Å²) < 4.78 is 40.5. The lowest BCUT2D eigenvalue weighted by atomic mass is 10.1. The molecule has 0 spiro atoms. The van der Waals surface area contributed by atoms with E-state index in [0.717, 1.165) is 37.2 Å². The zero-order valence-corrected chi connectivity index (χ0v) is 11.9. The lowest BCUT2D eigenvalue weighted by Crippen LogP contribution is -2.28. The highest BCUT2D eigenvalue weighted by molar-refractivity contribution is 5.46. The Balaban J connectivity index is 1.74. The molecule has 1 fully saturated rings. The van der Waals surface area contributed by atoms with Crippen molar-refractivity contribution in [1.29, 1.82) is 0 Å². The van der Waals surface area contributed by atoms with Gasteiger partial charge in [0.05, 0.1) is 0 Å². The van der Waals surface area contributed by atoms with Crippen molar-refractivity contribution in [2.24, 2.45) is 0 Å². The predicted octanol–water partition coefficient (Wildman–Crippen LogP) is 3.20. The number of para-hydroxylation sites is 1. The average molecular weight is 302 g/mol. The smallest absolute Gasteiger partial charge is 0.398 e. The van der Waals surface area contributed by atoms with Gasteiger partial charge in [-0.2, -0.15) is 13.2 Å². The molecule has 1 aliphatic rings. The molecule has 0 saturated heterocycles. The minimum absolute atomic E-state index is 0.132. The van der Waals surface area contributed by atoms with Gasteiger partial charge in [0.25, 0.3) is 0 Å². The number of ether oxygens (including phenoxy) is 1. The Bertz CT molecular complexity index is 447. The minimum atomic E-state index is -4.24. The SMILES string of the molecule is Nc1ccccc1CN(CCCOCC(F)(F)F)C1CC1. The summed E-state index contributed by atoms with van der Waals surface area (Å²) in [5.74, 6) is 0. The van der Waals surface area contributed by atoms with E-state index in [0.29, 0.717) is 12.5 Å². The molecule has 0 heterocycles. The Labute approximate surface area is 122 Å². The van der Waals surface area contributed by atoms with Crippen molar-refractivity contribution in [1.82, 2.24) is 4.90 Å². The first-order chi connectivity index (χ1) is 9.96. The van der Waals surface area contributed by atoms with Crippen LogP contribution in [0.2, 0.25) is 0 Å². The van der Waals surface area contributed by atoms with Gasteiger partial charge in [0.1, 0.15) is 6.61 Å². The largest absolute Gasteiger partial charge is 0.411 e. The summed E-state index contributed by atoms with van der Waals surface area (Å²) in [5, 5.41) is 0. The number of nitrogen functional groups attached to an aromatic ring is 1. The van der Waals surface area contributed by atoms with Gasteiger partial charge >= 0.3 is 6.18 Å². The maximum Gasteiger partial charge on any atom is 0.411 e. The summed E-state index contributed by atoms with van der Waals surface area (Å²) in [6.45, 7) is 0.447. The van der Waals surface area contributed by atoms with Crippen LogP contribution in [0.3, 0.4) is 0 Å². The van der Waals surface area contributed by atoms with Crippen molar-refractivity contribution >= 4 is 5.69 Å². The van der Waals surface area contributed by atoms with E-state index in [2.05, 4.69) is 9.64 Å². The fourth-order valence-electron chi connectivity index (χ4n) is 2.29. The molecule has 0 aliphatic heterocycles. The van der Waals surface area contributed by atoms with Gasteiger partial charge in [0.15, 0.2) is 0 Å². The van der Waals surface area contributed by atoms with E-state index < -0.39 is 12.8 Å². The number of anilines is 1. The molecule has 0 bridgehead atoms. The maximum atomic E-state index is 12.0. The second-order valence-corrected chi connectivity index (χ2v) is 5.42. The zero-order valence-electron chi connectivity index (χ0n) is 11.9. The predicted molar refractivity (Wildman–Crippen MR) is 75.8 cm³/mol. The molecular weight excluding hydrogens is 281 g/mol. The second kappa shape index (κ2) is 7.13. The lowest BCUT2D eigenvalue weighted by molar-refractivity contribution is -0.174. The molecule has 1 saturated carbocycles. The lowest BCUT2D eigenvalue weighted by Gasteiger charge is -2.22. The van der Waals surface area contributed by atoms with E-state index in [9.17, 15) is 13.2 Å². The molecule has 2 N–H and O–H groups in total. The van der Waals surface area contributed by atoms with Crippen LogP contribution in [0.5, 0.6) is 0 Å². The Morgan fingerprint density at radius 2 is 1.95 bits per heavy atom. The van der Waals surface area contributed by atoms with Crippen LogP contribution in [0, 0.1) is 0 Å². The minimum Gasteiger partial charge on any atom is -0.398 e. The number of nitrogens with two attached hydrogens (primary N) is 1. The first kappa shape index (κ1) is 16.1. The third-order valence-corrected chi connectivity index (χ3v) is 3.49. The first-order valence-electron chi connectivity index (χ1n) is 7.17. The average Bonchev–Trinajstić information content (AvgIpc) is 3.22. The number of rotatable bonds is 8. The summed E-state index contributed by atoms with van der Waals surface area (Å²) in [6.07, 6.45) is -1.35. The molecule has 0 aromatic heterocycles. The van der Waals surface area contributed by atoms with Gasteiger partial charge in [0.2, 0.25) is 0 Å². The Morgan fingerprint density at radius 1 is 1.24 bits per heavy atom. The summed E-state index contributed by atoms with van der Waals surface area (Å²) in [5.41, 5.74) is 7.77. The van der Waals surface area contributed by atoms with Crippen molar-refractivity contribution in [2.45, 2.75) is 38.0 Å². The van der Waals surface area contributed by atoms with E-state index >= 15 is 0 Å². The molecule has 1 aliphatic carbocycles. The molecule has 118 valence electrons. The van der Waals surface area contributed by atoms with Crippen LogP contribution in [0.15, 0.2) is 24.3 Å². The third kappa shape index (κ3) is 5.93. The highest BCUT2D eigenvalue weighted by Crippen LogP contribution is 2.29. The first-order valence-corrected chi connectivity index (χ1v) is 7.17. The summed E-state index contributed by atoms with van der Waals surface area (Å²) >= 11 is 0. The Kier molecular flexibility index (Phi) is 5.47. The van der Waals surface area contributed by atoms with Crippen molar-refractivity contribution in [3.63, 3.8) is 0 Å². The maximum absolute atomic E-state index is 12.0. The fourth-order valence-corrected chi connectivity index (χ4v) is 2.29. The zero-order chi connectivity index (χ0) is 15.3. The highest BCUT2D eigenvalue weighted by Gasteiger charge is 2.29. The number of alkyl halides is 3. The van der Waals surface area contributed by atoms with Crippen molar-refractivity contribution < 1.29 is 17.9 Å². The number of hydrogen-bond acceptors (Lipinski definition) is 3.